The number of nitrogens with zero attached hydrogens (tertiary/aromatic N) is 3. The second-order valence-electron chi connectivity index (χ2n) is 5.63. The highest BCUT2D eigenvalue weighted by Gasteiger charge is 2.11. The molecule has 0 saturated heterocycles. The first kappa shape index (κ1) is 16.1. The smallest absolute Gasteiger partial charge is 0.275 e. The fraction of sp³-hybridized carbons (Fsp3) is 0.167. The van der Waals surface area contributed by atoms with Crippen molar-refractivity contribution in [3.63, 3.8) is 0 Å². The summed E-state index contributed by atoms with van der Waals surface area (Å²) in [5.41, 5.74) is 2.78. The van der Waals surface area contributed by atoms with Crippen molar-refractivity contribution in [2.75, 3.05) is 0 Å². The highest BCUT2D eigenvalue weighted by molar-refractivity contribution is 7.97. The van der Waals surface area contributed by atoms with Crippen LogP contribution in [-0.2, 0) is 11.5 Å². The van der Waals surface area contributed by atoms with Crippen LogP contribution in [0.1, 0.15) is 17.0 Å². The molecule has 0 spiro atoms. The number of aryl methyl sites for hydroxylation is 1. The summed E-state index contributed by atoms with van der Waals surface area (Å²) in [5.74, 6) is 2.33. The van der Waals surface area contributed by atoms with Crippen LogP contribution in [-0.4, -0.2) is 14.6 Å². The molecule has 0 fully saturated rings. The van der Waals surface area contributed by atoms with Gasteiger partial charge < -0.3 is 4.42 Å². The summed E-state index contributed by atoms with van der Waals surface area (Å²) in [6.07, 6.45) is 1.66. The van der Waals surface area contributed by atoms with E-state index in [1.54, 1.807) is 24.1 Å². The Morgan fingerprint density at radius 1 is 1.20 bits per heavy atom. The molecular weight excluding hydrogens is 354 g/mol. The van der Waals surface area contributed by atoms with Gasteiger partial charge in [-0.3, -0.25) is 4.79 Å². The Hall–Kier alpha value is -2.38. The van der Waals surface area contributed by atoms with Gasteiger partial charge in [-0.2, -0.15) is 9.61 Å². The van der Waals surface area contributed by atoms with Gasteiger partial charge in [-0.1, -0.05) is 35.1 Å². The van der Waals surface area contributed by atoms with Gasteiger partial charge >= 0.3 is 0 Å². The van der Waals surface area contributed by atoms with E-state index in [-0.39, 0.29) is 5.56 Å². The molecule has 0 atom stereocenters. The monoisotopic (exact) mass is 369 g/mol. The third kappa shape index (κ3) is 3.52. The SMILES string of the molecule is Cc1cccc(-c2nn3c(=O)cc(CSCc4ccco4)nc3s2)c1. The Morgan fingerprint density at radius 2 is 2.12 bits per heavy atom. The summed E-state index contributed by atoms with van der Waals surface area (Å²) in [6.45, 7) is 2.04. The number of benzene rings is 1. The first-order chi connectivity index (χ1) is 12.2. The van der Waals surface area contributed by atoms with Crippen LogP contribution in [0.3, 0.4) is 0 Å². The molecule has 7 heteroatoms. The van der Waals surface area contributed by atoms with Gasteiger partial charge in [-0.25, -0.2) is 4.98 Å². The molecule has 126 valence electrons. The Labute approximate surface area is 152 Å². The summed E-state index contributed by atoms with van der Waals surface area (Å²) < 4.78 is 6.69. The lowest BCUT2D eigenvalue weighted by atomic mass is 10.1. The van der Waals surface area contributed by atoms with E-state index in [2.05, 4.69) is 16.1 Å². The Morgan fingerprint density at radius 3 is 2.92 bits per heavy atom. The fourth-order valence-electron chi connectivity index (χ4n) is 2.48. The second kappa shape index (κ2) is 6.85. The molecule has 4 rings (SSSR count). The lowest BCUT2D eigenvalue weighted by Gasteiger charge is -1.99. The lowest BCUT2D eigenvalue weighted by Crippen LogP contribution is -2.15. The number of thioether (sulfide) groups is 1. The molecule has 0 aliphatic carbocycles. The maximum absolute atomic E-state index is 12.3. The first-order valence-electron chi connectivity index (χ1n) is 7.76. The number of rotatable bonds is 5. The zero-order valence-electron chi connectivity index (χ0n) is 13.5. The van der Waals surface area contributed by atoms with E-state index in [0.29, 0.717) is 10.7 Å². The van der Waals surface area contributed by atoms with Crippen LogP contribution < -0.4 is 5.56 Å². The van der Waals surface area contributed by atoms with Crippen molar-refractivity contribution in [2.45, 2.75) is 18.4 Å². The van der Waals surface area contributed by atoms with Crippen LogP contribution in [0.15, 0.2) is 57.9 Å². The maximum Gasteiger partial charge on any atom is 0.275 e. The second-order valence-corrected chi connectivity index (χ2v) is 7.57. The fourth-order valence-corrected chi connectivity index (χ4v) is 4.22. The van der Waals surface area contributed by atoms with Gasteiger partial charge in [0.25, 0.3) is 5.56 Å². The molecule has 0 saturated carbocycles. The summed E-state index contributed by atoms with van der Waals surface area (Å²) in [4.78, 5) is 17.6. The van der Waals surface area contributed by atoms with Crippen molar-refractivity contribution in [3.05, 3.63) is 76.1 Å². The predicted octanol–water partition coefficient (Wildman–Crippen LogP) is 4.15. The number of furan rings is 1. The minimum atomic E-state index is -0.145. The summed E-state index contributed by atoms with van der Waals surface area (Å²) in [6, 6.07) is 13.5. The van der Waals surface area contributed by atoms with E-state index in [1.807, 2.05) is 37.3 Å². The third-order valence-electron chi connectivity index (χ3n) is 3.64. The largest absolute Gasteiger partial charge is 0.468 e. The molecule has 0 aliphatic rings. The van der Waals surface area contributed by atoms with Crippen molar-refractivity contribution >= 4 is 28.1 Å². The van der Waals surface area contributed by atoms with E-state index in [4.69, 9.17) is 4.42 Å². The minimum Gasteiger partial charge on any atom is -0.468 e. The minimum absolute atomic E-state index is 0.145. The van der Waals surface area contributed by atoms with Crippen LogP contribution in [0.5, 0.6) is 0 Å². The third-order valence-corrected chi connectivity index (χ3v) is 5.58. The molecule has 25 heavy (non-hydrogen) atoms. The van der Waals surface area contributed by atoms with Gasteiger partial charge in [0.2, 0.25) is 4.96 Å². The normalized spacial score (nSPS) is 11.2. The molecular formula is C18H15N3O2S2. The van der Waals surface area contributed by atoms with E-state index >= 15 is 0 Å². The highest BCUT2D eigenvalue weighted by Crippen LogP contribution is 2.25. The van der Waals surface area contributed by atoms with Crippen LogP contribution in [0.2, 0.25) is 0 Å². The quantitative estimate of drug-likeness (QED) is 0.529. The molecule has 3 aromatic heterocycles. The number of fused-ring (bicyclic) bond motifs is 1. The molecule has 0 bridgehead atoms. The Kier molecular flexibility index (Phi) is 4.42. The highest BCUT2D eigenvalue weighted by atomic mass is 32.2. The molecule has 0 unspecified atom stereocenters. The van der Waals surface area contributed by atoms with Gasteiger partial charge in [-0.05, 0) is 25.1 Å². The van der Waals surface area contributed by atoms with Crippen molar-refractivity contribution in [2.24, 2.45) is 0 Å². The van der Waals surface area contributed by atoms with Gasteiger partial charge in [0.15, 0.2) is 0 Å². The van der Waals surface area contributed by atoms with Crippen molar-refractivity contribution in [1.29, 1.82) is 0 Å². The molecule has 0 N–H and O–H groups in total. The Balaban J connectivity index is 1.59. The molecule has 0 amide bonds. The van der Waals surface area contributed by atoms with E-state index in [1.165, 1.54) is 15.9 Å². The molecule has 3 heterocycles. The van der Waals surface area contributed by atoms with Gasteiger partial charge in [0, 0.05) is 17.4 Å². The summed E-state index contributed by atoms with van der Waals surface area (Å²) in [5, 5.41) is 5.22. The molecule has 1 aromatic carbocycles. The number of hydrogen-bond acceptors (Lipinski definition) is 6. The van der Waals surface area contributed by atoms with Crippen LogP contribution >= 0.6 is 23.1 Å². The molecule has 0 radical (unpaired) electrons. The maximum atomic E-state index is 12.3. The molecule has 4 aromatic rings. The zero-order chi connectivity index (χ0) is 17.2. The summed E-state index contributed by atoms with van der Waals surface area (Å²) >= 11 is 3.10. The average Bonchev–Trinajstić information content (AvgIpc) is 3.24. The van der Waals surface area contributed by atoms with Crippen LogP contribution in [0.4, 0.5) is 0 Å². The predicted molar refractivity (Wildman–Crippen MR) is 101 cm³/mol. The first-order valence-corrected chi connectivity index (χ1v) is 9.73. The standard InChI is InChI=1S/C18H15N3O2S2/c1-12-4-2-5-13(8-12)17-20-21-16(22)9-14(19-18(21)25-17)10-24-11-15-6-3-7-23-15/h2-9H,10-11H2,1H3. The van der Waals surface area contributed by atoms with E-state index in [0.717, 1.165) is 33.3 Å². The van der Waals surface area contributed by atoms with Crippen LogP contribution in [0, 0.1) is 6.92 Å². The lowest BCUT2D eigenvalue weighted by molar-refractivity contribution is 0.530. The zero-order valence-corrected chi connectivity index (χ0v) is 15.1. The van der Waals surface area contributed by atoms with Gasteiger partial charge in [-0.15, -0.1) is 11.8 Å². The van der Waals surface area contributed by atoms with Crippen LogP contribution in [0.25, 0.3) is 15.5 Å². The molecule has 0 aliphatic heterocycles. The molecule has 5 nitrogen and oxygen atoms in total. The van der Waals surface area contributed by atoms with E-state index < -0.39 is 0 Å². The summed E-state index contributed by atoms with van der Waals surface area (Å²) in [7, 11) is 0. The van der Waals surface area contributed by atoms with Crippen molar-refractivity contribution in [3.8, 4) is 10.6 Å². The average molecular weight is 369 g/mol. The van der Waals surface area contributed by atoms with Crippen molar-refractivity contribution in [1.82, 2.24) is 14.6 Å². The number of aromatic nitrogens is 3. The Bertz CT molecular complexity index is 1070. The van der Waals surface area contributed by atoms with Gasteiger partial charge in [0.05, 0.1) is 17.7 Å². The topological polar surface area (TPSA) is 60.4 Å². The van der Waals surface area contributed by atoms with Gasteiger partial charge in [0.1, 0.15) is 10.8 Å². The van der Waals surface area contributed by atoms with E-state index in [9.17, 15) is 4.79 Å². The van der Waals surface area contributed by atoms with Crippen molar-refractivity contribution < 1.29 is 4.42 Å². The number of hydrogen-bond donors (Lipinski definition) is 0.